The second-order valence-corrected chi connectivity index (χ2v) is 7.61. The zero-order valence-electron chi connectivity index (χ0n) is 17.1. The summed E-state index contributed by atoms with van der Waals surface area (Å²) < 4.78 is 16.3. The van der Waals surface area contributed by atoms with Gasteiger partial charge in [0.1, 0.15) is 46.9 Å². The molecule has 0 radical (unpaired) electrons. The summed E-state index contributed by atoms with van der Waals surface area (Å²) in [6.45, 7) is -0.774. The van der Waals surface area contributed by atoms with Crippen molar-refractivity contribution in [1.29, 1.82) is 0 Å². The molecule has 0 amide bonds. The fourth-order valence-electron chi connectivity index (χ4n) is 3.58. The molecule has 1 aromatic heterocycles. The van der Waals surface area contributed by atoms with Crippen LogP contribution >= 0.6 is 0 Å². The van der Waals surface area contributed by atoms with Crippen molar-refractivity contribution in [2.75, 3.05) is 6.61 Å². The molecular weight excluding hydrogens is 460 g/mol. The Bertz CT molecular complexity index is 1280. The van der Waals surface area contributed by atoms with Crippen LogP contribution in [0.4, 0.5) is 0 Å². The summed E-state index contributed by atoms with van der Waals surface area (Å²) in [6.07, 6.45) is -8.64. The van der Waals surface area contributed by atoms with Gasteiger partial charge in [0, 0.05) is 17.7 Å². The maximum absolute atomic E-state index is 13.3. The number of rotatable bonds is 4. The number of aliphatic hydroxyl groups excluding tert-OH is 4. The van der Waals surface area contributed by atoms with Crippen molar-refractivity contribution in [1.82, 2.24) is 0 Å². The minimum absolute atomic E-state index is 0.214. The number of hydrogen-bond donors (Lipinski definition) is 9. The molecule has 9 N–H and O–H groups in total. The highest BCUT2D eigenvalue weighted by Gasteiger charge is 2.45. The number of phenolic OH excluding ortho intramolecular Hbond substituents is 5. The summed E-state index contributed by atoms with van der Waals surface area (Å²) in [5, 5.41) is 88.6. The van der Waals surface area contributed by atoms with Gasteiger partial charge < -0.3 is 59.8 Å². The molecule has 3 aromatic rings. The molecule has 1 fully saturated rings. The molecule has 13 heteroatoms. The number of phenols is 5. The van der Waals surface area contributed by atoms with Crippen LogP contribution in [0.5, 0.6) is 34.5 Å². The molecule has 0 saturated carbocycles. The molecule has 182 valence electrons. The molecule has 1 saturated heterocycles. The Balaban J connectivity index is 1.94. The molecule has 4 rings (SSSR count). The third kappa shape index (κ3) is 3.81. The largest absolute Gasteiger partial charge is 0.508 e. The van der Waals surface area contributed by atoms with E-state index in [-0.39, 0.29) is 11.1 Å². The average Bonchev–Trinajstić information content (AvgIpc) is 2.78. The van der Waals surface area contributed by atoms with Crippen LogP contribution in [0, 0.1) is 0 Å². The molecule has 1 aliphatic rings. The highest BCUT2D eigenvalue weighted by atomic mass is 16.7. The van der Waals surface area contributed by atoms with E-state index in [9.17, 15) is 50.8 Å². The van der Waals surface area contributed by atoms with E-state index in [1.54, 1.807) is 0 Å². The normalized spacial score (nSPS) is 24.9. The van der Waals surface area contributed by atoms with E-state index < -0.39 is 88.4 Å². The maximum Gasteiger partial charge on any atom is 0.239 e. The van der Waals surface area contributed by atoms with Crippen molar-refractivity contribution in [3.05, 3.63) is 34.5 Å². The lowest BCUT2D eigenvalue weighted by molar-refractivity contribution is -0.277. The molecule has 1 aliphatic heterocycles. The van der Waals surface area contributed by atoms with Gasteiger partial charge >= 0.3 is 0 Å². The Morgan fingerprint density at radius 1 is 0.853 bits per heavy atom. The SMILES string of the molecule is O=c1c(OC2O[C@@H](CO)[C@@H](O)[C@@H](O)[C@@H]2O)c(-c2cc(O)c(O)c(O)c2)oc2cc(O)cc(O)c12. The molecule has 13 nitrogen and oxygen atoms in total. The minimum Gasteiger partial charge on any atom is -0.508 e. The molecule has 0 bridgehead atoms. The predicted octanol–water partition coefficient (Wildman–Crippen LogP) is -0.833. The lowest BCUT2D eigenvalue weighted by Gasteiger charge is -2.39. The number of hydrogen-bond acceptors (Lipinski definition) is 13. The van der Waals surface area contributed by atoms with Gasteiger partial charge in [0.2, 0.25) is 17.5 Å². The second kappa shape index (κ2) is 8.55. The Labute approximate surface area is 189 Å². The van der Waals surface area contributed by atoms with Crippen molar-refractivity contribution in [2.45, 2.75) is 30.7 Å². The van der Waals surface area contributed by atoms with Crippen LogP contribution in [0.25, 0.3) is 22.3 Å². The van der Waals surface area contributed by atoms with Crippen LogP contribution in [-0.4, -0.2) is 83.3 Å². The smallest absolute Gasteiger partial charge is 0.239 e. The Morgan fingerprint density at radius 2 is 1.50 bits per heavy atom. The van der Waals surface area contributed by atoms with Crippen LogP contribution in [0.15, 0.2) is 33.5 Å². The average molecular weight is 480 g/mol. The first-order valence-corrected chi connectivity index (χ1v) is 9.78. The fraction of sp³-hybridized carbons (Fsp3) is 0.286. The third-order valence-electron chi connectivity index (χ3n) is 5.33. The van der Waals surface area contributed by atoms with E-state index in [0.29, 0.717) is 0 Å². The van der Waals surface area contributed by atoms with Gasteiger partial charge in [-0.05, 0) is 12.1 Å². The van der Waals surface area contributed by atoms with E-state index in [0.717, 1.165) is 24.3 Å². The van der Waals surface area contributed by atoms with Gasteiger partial charge in [0.05, 0.1) is 6.61 Å². The quantitative estimate of drug-likeness (QED) is 0.208. The fourth-order valence-corrected chi connectivity index (χ4v) is 3.58. The van der Waals surface area contributed by atoms with Gasteiger partial charge in [-0.2, -0.15) is 0 Å². The van der Waals surface area contributed by atoms with Crippen molar-refractivity contribution < 1.29 is 59.8 Å². The summed E-state index contributed by atoms with van der Waals surface area (Å²) in [6, 6.07) is 3.66. The van der Waals surface area contributed by atoms with E-state index in [1.807, 2.05) is 0 Å². The van der Waals surface area contributed by atoms with Crippen molar-refractivity contribution >= 4 is 11.0 Å². The Kier molecular flexibility index (Phi) is 5.89. The molecule has 0 aliphatic carbocycles. The van der Waals surface area contributed by atoms with Gasteiger partial charge in [0.25, 0.3) is 0 Å². The van der Waals surface area contributed by atoms with E-state index in [1.165, 1.54) is 0 Å². The first-order valence-electron chi connectivity index (χ1n) is 9.78. The highest BCUT2D eigenvalue weighted by Crippen LogP contribution is 2.43. The lowest BCUT2D eigenvalue weighted by Crippen LogP contribution is -2.60. The number of fused-ring (bicyclic) bond motifs is 1. The van der Waals surface area contributed by atoms with E-state index in [4.69, 9.17) is 13.9 Å². The molecule has 34 heavy (non-hydrogen) atoms. The van der Waals surface area contributed by atoms with Gasteiger partial charge in [-0.15, -0.1) is 0 Å². The summed E-state index contributed by atoms with van der Waals surface area (Å²) in [5.74, 6) is -4.83. The topological polar surface area (TPSA) is 231 Å². The predicted molar refractivity (Wildman–Crippen MR) is 111 cm³/mol. The molecule has 2 heterocycles. The summed E-state index contributed by atoms with van der Waals surface area (Å²) >= 11 is 0. The zero-order chi connectivity index (χ0) is 24.9. The van der Waals surface area contributed by atoms with E-state index >= 15 is 0 Å². The van der Waals surface area contributed by atoms with Gasteiger partial charge in [-0.1, -0.05) is 0 Å². The first kappa shape index (κ1) is 23.4. The number of benzene rings is 2. The van der Waals surface area contributed by atoms with Crippen LogP contribution < -0.4 is 10.2 Å². The number of aromatic hydroxyl groups is 5. The summed E-state index contributed by atoms with van der Waals surface area (Å²) in [7, 11) is 0. The molecule has 2 aromatic carbocycles. The van der Waals surface area contributed by atoms with Gasteiger partial charge in [-0.3, -0.25) is 4.79 Å². The zero-order valence-corrected chi connectivity index (χ0v) is 17.1. The van der Waals surface area contributed by atoms with Crippen molar-refractivity contribution in [2.24, 2.45) is 0 Å². The molecule has 5 atom stereocenters. The van der Waals surface area contributed by atoms with Crippen LogP contribution in [-0.2, 0) is 4.74 Å². The first-order chi connectivity index (χ1) is 16.0. The summed E-state index contributed by atoms with van der Waals surface area (Å²) in [5.41, 5.74) is -1.59. The van der Waals surface area contributed by atoms with Crippen molar-refractivity contribution in [3.63, 3.8) is 0 Å². The standard InChI is InChI=1S/C21H20O13/c22-5-12-15(28)17(30)18(31)21(33-12)34-20-16(29)13-8(24)3-7(23)4-11(13)32-19(20)6-1-9(25)14(27)10(26)2-6/h1-4,12,15,17-18,21-28,30-31H,5H2/t12-,15+,17+,18-,21?/m0/s1. The maximum atomic E-state index is 13.3. The molecule has 0 spiro atoms. The van der Waals surface area contributed by atoms with Crippen LogP contribution in [0.3, 0.4) is 0 Å². The monoisotopic (exact) mass is 480 g/mol. The van der Waals surface area contributed by atoms with Crippen LogP contribution in [0.2, 0.25) is 0 Å². The lowest BCUT2D eigenvalue weighted by atomic mass is 9.99. The Hall–Kier alpha value is -3.75. The second-order valence-electron chi connectivity index (χ2n) is 7.61. The van der Waals surface area contributed by atoms with Crippen LogP contribution in [0.1, 0.15) is 0 Å². The third-order valence-corrected chi connectivity index (χ3v) is 5.33. The summed E-state index contributed by atoms with van der Waals surface area (Å²) in [4.78, 5) is 13.3. The van der Waals surface area contributed by atoms with Crippen molar-refractivity contribution in [3.8, 4) is 45.8 Å². The van der Waals surface area contributed by atoms with E-state index in [2.05, 4.69) is 0 Å². The number of ether oxygens (including phenoxy) is 2. The minimum atomic E-state index is -1.91. The molecule has 1 unspecified atom stereocenters. The van der Waals surface area contributed by atoms with Gasteiger partial charge in [0.15, 0.2) is 23.0 Å². The van der Waals surface area contributed by atoms with Gasteiger partial charge in [-0.25, -0.2) is 0 Å². The number of aliphatic hydroxyl groups is 4. The Morgan fingerprint density at radius 3 is 2.12 bits per heavy atom. The highest BCUT2D eigenvalue weighted by molar-refractivity contribution is 5.88. The molecular formula is C21H20O13.